The third-order valence-corrected chi connectivity index (χ3v) is 6.75. The van der Waals surface area contributed by atoms with E-state index in [1.165, 1.54) is 45.0 Å². The molecule has 5 heteroatoms. The molecular weight excluding hydrogens is 422 g/mol. The number of esters is 1. The molecule has 1 aromatic heterocycles. The van der Waals surface area contributed by atoms with E-state index in [0.29, 0.717) is 18.4 Å². The van der Waals surface area contributed by atoms with Crippen molar-refractivity contribution in [2.45, 2.75) is 38.5 Å². The maximum atomic E-state index is 12.0. The van der Waals surface area contributed by atoms with Gasteiger partial charge in [0.05, 0.1) is 24.1 Å². The first-order chi connectivity index (χ1) is 16.7. The van der Waals surface area contributed by atoms with Crippen LogP contribution in [0.4, 0.5) is 0 Å². The number of hydrogen-bond donors (Lipinski definition) is 0. The molecule has 0 unspecified atom stereocenters. The van der Waals surface area contributed by atoms with Crippen molar-refractivity contribution >= 4 is 12.0 Å². The lowest BCUT2D eigenvalue weighted by Gasteiger charge is -2.25. The Balaban J connectivity index is 1.44. The van der Waals surface area contributed by atoms with Crippen molar-refractivity contribution in [3.8, 4) is 11.1 Å². The van der Waals surface area contributed by atoms with Crippen LogP contribution in [0.25, 0.3) is 17.2 Å². The first-order valence-electron chi connectivity index (χ1n) is 12.3. The Morgan fingerprint density at radius 3 is 2.68 bits per heavy atom. The predicted molar refractivity (Wildman–Crippen MR) is 135 cm³/mol. The number of fused-ring (bicyclic) bond motifs is 3. The van der Waals surface area contributed by atoms with E-state index in [1.807, 2.05) is 36.4 Å². The van der Waals surface area contributed by atoms with Gasteiger partial charge in [0.2, 0.25) is 0 Å². The number of hydrogen-bond acceptors (Lipinski definition) is 5. The zero-order chi connectivity index (χ0) is 23.3. The Morgan fingerprint density at radius 2 is 1.88 bits per heavy atom. The smallest absolute Gasteiger partial charge is 0.337 e. The highest BCUT2D eigenvalue weighted by molar-refractivity contribution is 5.92. The lowest BCUT2D eigenvalue weighted by atomic mass is 10.0. The Morgan fingerprint density at radius 1 is 1.06 bits per heavy atom. The minimum absolute atomic E-state index is 0.313. The van der Waals surface area contributed by atoms with E-state index in [9.17, 15) is 4.79 Å². The van der Waals surface area contributed by atoms with Crippen molar-refractivity contribution in [2.24, 2.45) is 0 Å². The molecule has 34 heavy (non-hydrogen) atoms. The highest BCUT2D eigenvalue weighted by Crippen LogP contribution is 2.38. The fraction of sp³-hybridized carbons (Fsp3) is 0.345. The summed E-state index contributed by atoms with van der Waals surface area (Å²) in [6.07, 6.45) is 10.8. The molecule has 0 bridgehead atoms. The third-order valence-electron chi connectivity index (χ3n) is 6.75. The Kier molecular flexibility index (Phi) is 6.82. The average molecular weight is 454 g/mol. The van der Waals surface area contributed by atoms with Crippen LogP contribution in [0.2, 0.25) is 0 Å². The summed E-state index contributed by atoms with van der Waals surface area (Å²) in [6.45, 7) is 3.53. The summed E-state index contributed by atoms with van der Waals surface area (Å²) in [5.74, 6) is 0.522. The quantitative estimate of drug-likeness (QED) is 0.355. The summed E-state index contributed by atoms with van der Waals surface area (Å²) >= 11 is 0. The molecule has 5 rings (SSSR count). The van der Waals surface area contributed by atoms with Crippen molar-refractivity contribution in [3.05, 3.63) is 88.5 Å². The summed E-state index contributed by atoms with van der Waals surface area (Å²) in [6, 6.07) is 16.1. The number of ether oxygens (including phenoxy) is 1. The van der Waals surface area contributed by atoms with Crippen molar-refractivity contribution in [1.29, 1.82) is 0 Å². The van der Waals surface area contributed by atoms with Crippen molar-refractivity contribution < 1.29 is 9.53 Å². The van der Waals surface area contributed by atoms with E-state index >= 15 is 0 Å². The molecule has 1 fully saturated rings. The highest BCUT2D eigenvalue weighted by Gasteiger charge is 2.25. The number of methoxy groups -OCH3 is 1. The number of carbonyl (C=O) groups excluding carboxylic acids is 1. The highest BCUT2D eigenvalue weighted by atomic mass is 16.5. The van der Waals surface area contributed by atoms with E-state index < -0.39 is 0 Å². The summed E-state index contributed by atoms with van der Waals surface area (Å²) in [4.78, 5) is 24.6. The van der Waals surface area contributed by atoms with Crippen molar-refractivity contribution in [2.75, 3.05) is 26.7 Å². The van der Waals surface area contributed by atoms with Gasteiger partial charge < -0.3 is 9.64 Å². The average Bonchev–Trinajstić information content (AvgIpc) is 3.25. The van der Waals surface area contributed by atoms with Crippen LogP contribution in [0.3, 0.4) is 0 Å². The minimum atomic E-state index is -0.313. The maximum absolute atomic E-state index is 12.0. The number of rotatable bonds is 7. The first-order valence-corrected chi connectivity index (χ1v) is 12.3. The molecule has 2 heterocycles. The minimum Gasteiger partial charge on any atom is -0.465 e. The molecule has 1 saturated heterocycles. The Hall–Kier alpha value is -3.31. The monoisotopic (exact) mass is 453 g/mol. The summed E-state index contributed by atoms with van der Waals surface area (Å²) in [5, 5.41) is 0. The van der Waals surface area contributed by atoms with Crippen LogP contribution in [0.5, 0.6) is 0 Å². The zero-order valence-electron chi connectivity index (χ0n) is 19.8. The van der Waals surface area contributed by atoms with Gasteiger partial charge in [0, 0.05) is 24.9 Å². The first kappa shape index (κ1) is 22.5. The second-order valence-electron chi connectivity index (χ2n) is 9.14. The Labute approximate surface area is 201 Å². The van der Waals surface area contributed by atoms with Gasteiger partial charge in [0.1, 0.15) is 5.82 Å². The van der Waals surface area contributed by atoms with Gasteiger partial charge in [-0.2, -0.15) is 0 Å². The SMILES string of the molecule is COC(=O)c1ccc2c(c1)Cc1nc(Cc3ccccc3)nc(/C=C/CCN3CCCCC3)c1-2. The van der Waals surface area contributed by atoms with Gasteiger partial charge in [-0.25, -0.2) is 14.8 Å². The van der Waals surface area contributed by atoms with Crippen LogP contribution in [-0.4, -0.2) is 47.6 Å². The Bertz CT molecular complexity index is 1200. The van der Waals surface area contributed by atoms with Crippen LogP contribution in [-0.2, 0) is 17.6 Å². The number of piperidine rings is 1. The van der Waals surface area contributed by atoms with Crippen LogP contribution in [0, 0.1) is 0 Å². The number of nitrogens with zero attached hydrogens (tertiary/aromatic N) is 3. The molecule has 0 saturated carbocycles. The van der Waals surface area contributed by atoms with Gasteiger partial charge in [-0.3, -0.25) is 0 Å². The van der Waals surface area contributed by atoms with E-state index in [0.717, 1.165) is 46.9 Å². The van der Waals surface area contributed by atoms with Gasteiger partial charge in [-0.05, 0) is 67.3 Å². The summed E-state index contributed by atoms with van der Waals surface area (Å²) < 4.78 is 4.92. The summed E-state index contributed by atoms with van der Waals surface area (Å²) in [5.41, 5.74) is 7.10. The predicted octanol–water partition coefficient (Wildman–Crippen LogP) is 5.31. The second-order valence-corrected chi connectivity index (χ2v) is 9.14. The molecule has 1 aliphatic carbocycles. The molecule has 0 amide bonds. The van der Waals surface area contributed by atoms with E-state index in [1.54, 1.807) is 0 Å². The van der Waals surface area contributed by atoms with Gasteiger partial charge in [-0.15, -0.1) is 0 Å². The second kappa shape index (κ2) is 10.3. The number of aromatic nitrogens is 2. The molecule has 0 radical (unpaired) electrons. The lowest BCUT2D eigenvalue weighted by Crippen LogP contribution is -2.30. The topological polar surface area (TPSA) is 55.3 Å². The molecule has 2 aromatic carbocycles. The summed E-state index contributed by atoms with van der Waals surface area (Å²) in [7, 11) is 1.42. The molecule has 174 valence electrons. The molecular formula is C29H31N3O2. The van der Waals surface area contributed by atoms with Crippen LogP contribution in [0.15, 0.2) is 54.6 Å². The van der Waals surface area contributed by atoms with E-state index in [-0.39, 0.29) is 5.97 Å². The zero-order valence-corrected chi connectivity index (χ0v) is 19.8. The normalized spacial score (nSPS) is 15.3. The van der Waals surface area contributed by atoms with Gasteiger partial charge >= 0.3 is 5.97 Å². The molecule has 2 aliphatic rings. The van der Waals surface area contributed by atoms with Crippen LogP contribution >= 0.6 is 0 Å². The lowest BCUT2D eigenvalue weighted by molar-refractivity contribution is 0.0600. The van der Waals surface area contributed by atoms with E-state index in [2.05, 4.69) is 29.2 Å². The molecule has 3 aromatic rings. The van der Waals surface area contributed by atoms with Crippen LogP contribution in [0.1, 0.15) is 64.4 Å². The maximum Gasteiger partial charge on any atom is 0.337 e. The van der Waals surface area contributed by atoms with Gasteiger partial charge in [0.25, 0.3) is 0 Å². The van der Waals surface area contributed by atoms with Gasteiger partial charge in [-0.1, -0.05) is 48.9 Å². The van der Waals surface area contributed by atoms with E-state index in [4.69, 9.17) is 14.7 Å². The molecule has 0 N–H and O–H groups in total. The van der Waals surface area contributed by atoms with Crippen molar-refractivity contribution in [1.82, 2.24) is 14.9 Å². The van der Waals surface area contributed by atoms with Crippen LogP contribution < -0.4 is 0 Å². The van der Waals surface area contributed by atoms with Gasteiger partial charge in [0.15, 0.2) is 0 Å². The van der Waals surface area contributed by atoms with Crippen molar-refractivity contribution in [3.63, 3.8) is 0 Å². The molecule has 5 nitrogen and oxygen atoms in total. The number of carbonyl (C=O) groups is 1. The molecule has 0 spiro atoms. The fourth-order valence-electron chi connectivity index (χ4n) is 5.02. The fourth-order valence-corrected chi connectivity index (χ4v) is 5.02. The molecule has 1 aliphatic heterocycles. The standard InChI is InChI=1S/C29H31N3O2/c1-34-29(33)22-13-14-24-23(19-22)20-26-28(24)25(12-6-9-17-32-15-7-3-8-16-32)30-27(31-26)18-21-10-4-2-5-11-21/h2,4-6,10-14,19H,3,7-9,15-18,20H2,1H3/b12-6+. The number of likely N-dealkylation sites (tertiary alicyclic amines) is 1. The number of benzene rings is 2. The molecule has 0 atom stereocenters. The largest absolute Gasteiger partial charge is 0.465 e. The third kappa shape index (κ3) is 4.95.